The van der Waals surface area contributed by atoms with E-state index >= 15 is 0 Å². The fourth-order valence-electron chi connectivity index (χ4n) is 3.72. The molecule has 1 saturated heterocycles. The van der Waals surface area contributed by atoms with E-state index in [0.717, 1.165) is 29.0 Å². The Balaban J connectivity index is 1.73. The number of methoxy groups -OCH3 is 1. The summed E-state index contributed by atoms with van der Waals surface area (Å²) in [5.74, 6) is 0.263. The minimum absolute atomic E-state index is 0.217. The Labute approximate surface area is 178 Å². The third kappa shape index (κ3) is 5.31. The topological polar surface area (TPSA) is 84.9 Å². The summed E-state index contributed by atoms with van der Waals surface area (Å²) in [5, 5.41) is 2.96. The van der Waals surface area contributed by atoms with E-state index in [2.05, 4.69) is 17.4 Å². The van der Waals surface area contributed by atoms with Gasteiger partial charge >= 0.3 is 0 Å². The lowest BCUT2D eigenvalue weighted by Crippen LogP contribution is -2.47. The van der Waals surface area contributed by atoms with Crippen LogP contribution in [0.25, 0.3) is 0 Å². The van der Waals surface area contributed by atoms with E-state index in [4.69, 9.17) is 9.47 Å². The lowest BCUT2D eigenvalue weighted by Gasteiger charge is -2.38. The van der Waals surface area contributed by atoms with Gasteiger partial charge in [-0.3, -0.25) is 9.10 Å². The monoisotopic (exact) mass is 432 g/mol. The quantitative estimate of drug-likeness (QED) is 0.692. The molecule has 30 heavy (non-hydrogen) atoms. The second-order valence-electron chi connectivity index (χ2n) is 7.50. The van der Waals surface area contributed by atoms with Gasteiger partial charge in [-0.05, 0) is 42.7 Å². The predicted molar refractivity (Wildman–Crippen MR) is 116 cm³/mol. The van der Waals surface area contributed by atoms with E-state index in [0.29, 0.717) is 31.2 Å². The van der Waals surface area contributed by atoms with Gasteiger partial charge in [0.05, 0.1) is 19.1 Å². The number of carbonyl (C=O) groups excluding carboxylic acids is 1. The summed E-state index contributed by atoms with van der Waals surface area (Å²) >= 11 is 0. The maximum Gasteiger partial charge on any atom is 0.240 e. The van der Waals surface area contributed by atoms with Crippen molar-refractivity contribution in [2.75, 3.05) is 44.0 Å². The molecule has 1 fully saturated rings. The zero-order chi connectivity index (χ0) is 21.6. The van der Waals surface area contributed by atoms with Gasteiger partial charge in [0.25, 0.3) is 0 Å². The van der Waals surface area contributed by atoms with Crippen molar-refractivity contribution >= 4 is 21.6 Å². The molecule has 3 rings (SSSR count). The Morgan fingerprint density at radius 2 is 1.73 bits per heavy atom. The van der Waals surface area contributed by atoms with Crippen LogP contribution in [0, 0.1) is 0 Å². The zero-order valence-corrected chi connectivity index (χ0v) is 18.2. The molecule has 0 radical (unpaired) electrons. The highest BCUT2D eigenvalue weighted by atomic mass is 32.2. The van der Waals surface area contributed by atoms with E-state index in [1.165, 1.54) is 7.11 Å². The first kappa shape index (κ1) is 22.1. The molecule has 8 heteroatoms. The number of carbonyl (C=O) groups is 1. The first-order valence-corrected chi connectivity index (χ1v) is 11.7. The maximum absolute atomic E-state index is 12.7. The predicted octanol–water partition coefficient (Wildman–Crippen LogP) is 2.33. The minimum Gasteiger partial charge on any atom is -0.497 e. The second kappa shape index (κ2) is 9.49. The third-order valence-corrected chi connectivity index (χ3v) is 6.65. The summed E-state index contributed by atoms with van der Waals surface area (Å²) in [4.78, 5) is 12.7. The van der Waals surface area contributed by atoms with Crippen LogP contribution in [0.5, 0.6) is 5.75 Å². The molecule has 2 aromatic rings. The SMILES string of the molecule is COc1ccc(N(CC(=O)NCC2(c3ccccc3)CCOCC2)S(C)(=O)=O)cc1. The smallest absolute Gasteiger partial charge is 0.240 e. The van der Waals surface area contributed by atoms with Gasteiger partial charge in [-0.1, -0.05) is 30.3 Å². The highest BCUT2D eigenvalue weighted by Gasteiger charge is 2.35. The number of anilines is 1. The van der Waals surface area contributed by atoms with Crippen molar-refractivity contribution in [2.24, 2.45) is 0 Å². The Morgan fingerprint density at radius 3 is 2.30 bits per heavy atom. The van der Waals surface area contributed by atoms with E-state index in [1.807, 2.05) is 18.2 Å². The van der Waals surface area contributed by atoms with Gasteiger partial charge in [0.1, 0.15) is 12.3 Å². The Kier molecular flexibility index (Phi) is 6.99. The molecule has 0 unspecified atom stereocenters. The minimum atomic E-state index is -3.63. The van der Waals surface area contributed by atoms with Crippen molar-refractivity contribution in [2.45, 2.75) is 18.3 Å². The van der Waals surface area contributed by atoms with Crippen molar-refractivity contribution in [1.82, 2.24) is 5.32 Å². The Bertz CT molecular complexity index is 939. The number of rotatable bonds is 8. The molecule has 1 N–H and O–H groups in total. The normalized spacial score (nSPS) is 15.9. The summed E-state index contributed by atoms with van der Waals surface area (Å²) in [6.07, 6.45) is 2.69. The number of nitrogens with one attached hydrogen (secondary N) is 1. The summed E-state index contributed by atoms with van der Waals surface area (Å²) in [7, 11) is -2.09. The Morgan fingerprint density at radius 1 is 1.10 bits per heavy atom. The summed E-state index contributed by atoms with van der Waals surface area (Å²) in [5.41, 5.74) is 1.35. The largest absolute Gasteiger partial charge is 0.497 e. The molecule has 0 saturated carbocycles. The van der Waals surface area contributed by atoms with Gasteiger partial charge in [-0.15, -0.1) is 0 Å². The number of sulfonamides is 1. The zero-order valence-electron chi connectivity index (χ0n) is 17.3. The van der Waals surface area contributed by atoms with E-state index in [9.17, 15) is 13.2 Å². The molecule has 162 valence electrons. The van der Waals surface area contributed by atoms with E-state index in [-0.39, 0.29) is 17.9 Å². The van der Waals surface area contributed by atoms with Gasteiger partial charge in [-0.2, -0.15) is 0 Å². The van der Waals surface area contributed by atoms with E-state index in [1.54, 1.807) is 24.3 Å². The summed E-state index contributed by atoms with van der Waals surface area (Å²) < 4.78 is 36.4. The molecule has 0 aromatic heterocycles. The average molecular weight is 433 g/mol. The molecule has 1 amide bonds. The van der Waals surface area contributed by atoms with Crippen molar-refractivity contribution in [1.29, 1.82) is 0 Å². The molecule has 0 aliphatic carbocycles. The van der Waals surface area contributed by atoms with Crippen molar-refractivity contribution < 1.29 is 22.7 Å². The molecular weight excluding hydrogens is 404 g/mol. The van der Waals surface area contributed by atoms with Gasteiger partial charge in [-0.25, -0.2) is 8.42 Å². The fourth-order valence-corrected chi connectivity index (χ4v) is 4.58. The van der Waals surface area contributed by atoms with Crippen LogP contribution < -0.4 is 14.4 Å². The second-order valence-corrected chi connectivity index (χ2v) is 9.41. The van der Waals surface area contributed by atoms with Crippen LogP contribution in [-0.4, -0.2) is 54.0 Å². The summed E-state index contributed by atoms with van der Waals surface area (Å²) in [6, 6.07) is 16.7. The highest BCUT2D eigenvalue weighted by Crippen LogP contribution is 2.34. The van der Waals surface area contributed by atoms with Crippen LogP contribution in [0.1, 0.15) is 18.4 Å². The lowest BCUT2D eigenvalue weighted by atomic mass is 9.74. The maximum atomic E-state index is 12.7. The van der Waals surface area contributed by atoms with Gasteiger partial charge in [0.2, 0.25) is 15.9 Å². The van der Waals surface area contributed by atoms with E-state index < -0.39 is 10.0 Å². The van der Waals surface area contributed by atoms with Crippen LogP contribution in [0.15, 0.2) is 54.6 Å². The molecule has 7 nitrogen and oxygen atoms in total. The number of benzene rings is 2. The first-order valence-electron chi connectivity index (χ1n) is 9.86. The molecule has 1 heterocycles. The molecule has 0 bridgehead atoms. The molecule has 2 aromatic carbocycles. The molecular formula is C22H28N2O5S. The van der Waals surface area contributed by atoms with Gasteiger partial charge < -0.3 is 14.8 Å². The average Bonchev–Trinajstić information content (AvgIpc) is 2.77. The first-order chi connectivity index (χ1) is 14.3. The number of hydrogen-bond acceptors (Lipinski definition) is 5. The molecule has 1 aliphatic heterocycles. The van der Waals surface area contributed by atoms with Crippen LogP contribution in [-0.2, 0) is 25.0 Å². The molecule has 0 atom stereocenters. The van der Waals surface area contributed by atoms with Gasteiger partial charge in [0.15, 0.2) is 0 Å². The number of amides is 1. The third-order valence-electron chi connectivity index (χ3n) is 5.51. The van der Waals surface area contributed by atoms with Crippen LogP contribution in [0.3, 0.4) is 0 Å². The van der Waals surface area contributed by atoms with Crippen LogP contribution in [0.2, 0.25) is 0 Å². The van der Waals surface area contributed by atoms with Crippen molar-refractivity contribution in [3.63, 3.8) is 0 Å². The highest BCUT2D eigenvalue weighted by molar-refractivity contribution is 7.92. The molecule has 0 spiro atoms. The summed E-state index contributed by atoms with van der Waals surface area (Å²) in [6.45, 7) is 1.41. The van der Waals surface area contributed by atoms with Crippen molar-refractivity contribution in [3.05, 3.63) is 60.2 Å². The number of ether oxygens (including phenoxy) is 2. The van der Waals surface area contributed by atoms with Crippen LogP contribution in [0.4, 0.5) is 5.69 Å². The van der Waals surface area contributed by atoms with Crippen molar-refractivity contribution in [3.8, 4) is 5.75 Å². The number of nitrogens with zero attached hydrogens (tertiary/aromatic N) is 1. The lowest BCUT2D eigenvalue weighted by molar-refractivity contribution is -0.120. The Hall–Kier alpha value is -2.58. The number of hydrogen-bond donors (Lipinski definition) is 1. The molecule has 1 aliphatic rings. The van der Waals surface area contributed by atoms with Gasteiger partial charge in [0, 0.05) is 25.2 Å². The fraction of sp³-hybridized carbons (Fsp3) is 0.409. The van der Waals surface area contributed by atoms with Crippen LogP contribution >= 0.6 is 0 Å². The standard InChI is InChI=1S/C22H28N2O5S/c1-28-20-10-8-19(9-11-20)24(30(2,26)27)16-21(25)23-17-22(12-14-29-15-13-22)18-6-4-3-5-7-18/h3-11H,12-17H2,1-2H3,(H,23,25).